The molecule has 1 atom stereocenters. The van der Waals surface area contributed by atoms with E-state index in [1.165, 1.54) is 0 Å². The Morgan fingerprint density at radius 2 is 2.18 bits per heavy atom. The molecule has 2 heterocycles. The summed E-state index contributed by atoms with van der Waals surface area (Å²) in [5.41, 5.74) is 7.25. The lowest BCUT2D eigenvalue weighted by molar-refractivity contribution is -0.119. The number of nitrogens with zero attached hydrogens (tertiary/aromatic N) is 1. The number of anilines is 2. The maximum atomic E-state index is 12.3. The first-order valence-corrected chi connectivity index (χ1v) is 5.68. The first-order chi connectivity index (χ1) is 8.16. The molecule has 0 aromatic heterocycles. The lowest BCUT2D eigenvalue weighted by atomic mass is 10.1. The molecule has 1 aromatic carbocycles. The smallest absolute Gasteiger partial charge is 0.256 e. The quantitative estimate of drug-likeness (QED) is 0.649. The molecular weight excluding hydrogens is 218 g/mol. The van der Waals surface area contributed by atoms with E-state index >= 15 is 0 Å². The van der Waals surface area contributed by atoms with Gasteiger partial charge >= 0.3 is 0 Å². The van der Waals surface area contributed by atoms with Crippen LogP contribution >= 0.6 is 0 Å². The van der Waals surface area contributed by atoms with Crippen LogP contribution in [0.15, 0.2) is 18.2 Å². The molecule has 5 heteroatoms. The number of hydrogen-bond donors (Lipinski definition) is 2. The number of rotatable bonds is 0. The number of fused-ring (bicyclic) bond motifs is 2. The van der Waals surface area contributed by atoms with Gasteiger partial charge in [0.1, 0.15) is 6.04 Å². The second-order valence-electron chi connectivity index (χ2n) is 4.45. The molecule has 3 rings (SSSR count). The van der Waals surface area contributed by atoms with Gasteiger partial charge in [-0.3, -0.25) is 9.59 Å². The minimum absolute atomic E-state index is 0.0825. The van der Waals surface area contributed by atoms with Crippen LogP contribution in [0.4, 0.5) is 11.4 Å². The van der Waals surface area contributed by atoms with Crippen LogP contribution in [-0.4, -0.2) is 29.3 Å². The molecular formula is C12H13N3O2. The van der Waals surface area contributed by atoms with Gasteiger partial charge in [0.15, 0.2) is 0 Å². The number of amides is 2. The zero-order valence-corrected chi connectivity index (χ0v) is 9.27. The van der Waals surface area contributed by atoms with E-state index in [1.807, 2.05) is 0 Å². The fraction of sp³-hybridized carbons (Fsp3) is 0.333. The van der Waals surface area contributed by atoms with Crippen LogP contribution in [0.25, 0.3) is 0 Å². The van der Waals surface area contributed by atoms with Crippen LogP contribution in [0.5, 0.6) is 0 Å². The first-order valence-electron chi connectivity index (χ1n) is 5.68. The Morgan fingerprint density at radius 1 is 1.35 bits per heavy atom. The van der Waals surface area contributed by atoms with Gasteiger partial charge in [0.25, 0.3) is 5.91 Å². The fourth-order valence-corrected chi connectivity index (χ4v) is 2.50. The Kier molecular flexibility index (Phi) is 2.07. The maximum absolute atomic E-state index is 12.3. The molecule has 0 spiro atoms. The SMILES string of the molecule is Nc1ccc2c(c1)NC(=O)[C@@H]1CCCN1C2=O. The van der Waals surface area contributed by atoms with E-state index in [0.717, 1.165) is 12.8 Å². The number of nitrogens with two attached hydrogens (primary N) is 1. The van der Waals surface area contributed by atoms with Crippen molar-refractivity contribution in [3.8, 4) is 0 Å². The summed E-state index contributed by atoms with van der Waals surface area (Å²) in [5, 5.41) is 2.78. The van der Waals surface area contributed by atoms with Gasteiger partial charge in [0.2, 0.25) is 5.91 Å². The Hall–Kier alpha value is -2.04. The molecule has 5 nitrogen and oxygen atoms in total. The summed E-state index contributed by atoms with van der Waals surface area (Å²) in [6, 6.07) is 4.66. The largest absolute Gasteiger partial charge is 0.399 e. The highest BCUT2D eigenvalue weighted by atomic mass is 16.2. The van der Waals surface area contributed by atoms with Crippen molar-refractivity contribution >= 4 is 23.2 Å². The molecule has 0 radical (unpaired) electrons. The minimum Gasteiger partial charge on any atom is -0.399 e. The van der Waals surface area contributed by atoms with Crippen molar-refractivity contribution in [2.75, 3.05) is 17.6 Å². The zero-order chi connectivity index (χ0) is 12.0. The van der Waals surface area contributed by atoms with Crippen LogP contribution in [0.1, 0.15) is 23.2 Å². The number of nitrogen functional groups attached to an aromatic ring is 1. The van der Waals surface area contributed by atoms with Gasteiger partial charge in [-0.2, -0.15) is 0 Å². The maximum Gasteiger partial charge on any atom is 0.256 e. The van der Waals surface area contributed by atoms with Crippen molar-refractivity contribution in [1.82, 2.24) is 4.90 Å². The van der Waals surface area contributed by atoms with Crippen molar-refractivity contribution in [1.29, 1.82) is 0 Å². The van der Waals surface area contributed by atoms with Crippen LogP contribution < -0.4 is 11.1 Å². The predicted octanol–water partition coefficient (Wildman–Crippen LogP) is 0.825. The summed E-state index contributed by atoms with van der Waals surface area (Å²) in [5.74, 6) is -0.193. The van der Waals surface area contributed by atoms with Crippen LogP contribution in [-0.2, 0) is 4.79 Å². The summed E-state index contributed by atoms with van der Waals surface area (Å²) in [6.07, 6.45) is 1.62. The standard InChI is InChI=1S/C12H13N3O2/c13-7-3-4-8-9(6-7)14-11(16)10-2-1-5-15(10)12(8)17/h3-4,6,10H,1-2,5,13H2,(H,14,16)/t10-/m0/s1. The Labute approximate surface area is 98.6 Å². The summed E-state index contributed by atoms with van der Waals surface area (Å²) in [7, 11) is 0. The van der Waals surface area contributed by atoms with Crippen molar-refractivity contribution in [2.24, 2.45) is 0 Å². The first kappa shape index (κ1) is 10.1. The molecule has 0 unspecified atom stereocenters. The Morgan fingerprint density at radius 3 is 3.00 bits per heavy atom. The molecule has 0 aliphatic carbocycles. The average molecular weight is 231 g/mol. The number of carbonyl (C=O) groups excluding carboxylic acids is 2. The lowest BCUT2D eigenvalue weighted by Crippen LogP contribution is -2.40. The second-order valence-corrected chi connectivity index (χ2v) is 4.45. The summed E-state index contributed by atoms with van der Waals surface area (Å²) >= 11 is 0. The van der Waals surface area contributed by atoms with E-state index < -0.39 is 0 Å². The molecule has 2 aliphatic rings. The van der Waals surface area contributed by atoms with E-state index in [1.54, 1.807) is 23.1 Å². The molecule has 2 aliphatic heterocycles. The van der Waals surface area contributed by atoms with E-state index in [-0.39, 0.29) is 17.9 Å². The average Bonchev–Trinajstić information content (AvgIpc) is 2.74. The van der Waals surface area contributed by atoms with E-state index in [0.29, 0.717) is 23.5 Å². The zero-order valence-electron chi connectivity index (χ0n) is 9.27. The number of hydrogen-bond acceptors (Lipinski definition) is 3. The second kappa shape index (κ2) is 3.48. The number of carbonyl (C=O) groups is 2. The molecule has 88 valence electrons. The number of benzene rings is 1. The molecule has 1 fully saturated rings. The third-order valence-electron chi connectivity index (χ3n) is 3.35. The van der Waals surface area contributed by atoms with E-state index in [4.69, 9.17) is 5.73 Å². The van der Waals surface area contributed by atoms with Crippen molar-refractivity contribution in [3.05, 3.63) is 23.8 Å². The molecule has 3 N–H and O–H groups in total. The summed E-state index contributed by atoms with van der Waals surface area (Å²) in [6.45, 7) is 0.654. The highest BCUT2D eigenvalue weighted by Crippen LogP contribution is 2.29. The van der Waals surface area contributed by atoms with Crippen molar-refractivity contribution < 1.29 is 9.59 Å². The Balaban J connectivity index is 2.12. The minimum atomic E-state index is -0.323. The van der Waals surface area contributed by atoms with Crippen LogP contribution in [0, 0.1) is 0 Å². The third-order valence-corrected chi connectivity index (χ3v) is 3.35. The highest BCUT2D eigenvalue weighted by molar-refractivity contribution is 6.10. The van der Waals surface area contributed by atoms with E-state index in [2.05, 4.69) is 5.32 Å². The van der Waals surface area contributed by atoms with Crippen molar-refractivity contribution in [3.63, 3.8) is 0 Å². The molecule has 0 bridgehead atoms. The highest BCUT2D eigenvalue weighted by Gasteiger charge is 2.38. The third kappa shape index (κ3) is 1.46. The van der Waals surface area contributed by atoms with Crippen LogP contribution in [0.3, 0.4) is 0 Å². The van der Waals surface area contributed by atoms with Gasteiger partial charge in [0.05, 0.1) is 11.3 Å². The van der Waals surface area contributed by atoms with Gasteiger partial charge in [-0.05, 0) is 31.0 Å². The summed E-state index contributed by atoms with van der Waals surface area (Å²) < 4.78 is 0. The normalized spacial score (nSPS) is 22.8. The molecule has 2 amide bonds. The predicted molar refractivity (Wildman–Crippen MR) is 63.5 cm³/mol. The molecule has 1 saturated heterocycles. The van der Waals surface area contributed by atoms with Crippen LogP contribution in [0.2, 0.25) is 0 Å². The van der Waals surface area contributed by atoms with Gasteiger partial charge in [-0.1, -0.05) is 0 Å². The fourth-order valence-electron chi connectivity index (χ4n) is 2.50. The van der Waals surface area contributed by atoms with Gasteiger partial charge in [-0.15, -0.1) is 0 Å². The summed E-state index contributed by atoms with van der Waals surface area (Å²) in [4.78, 5) is 25.9. The van der Waals surface area contributed by atoms with Gasteiger partial charge in [-0.25, -0.2) is 0 Å². The monoisotopic (exact) mass is 231 g/mol. The molecule has 17 heavy (non-hydrogen) atoms. The molecule has 0 saturated carbocycles. The van der Waals surface area contributed by atoms with Gasteiger partial charge in [0, 0.05) is 12.2 Å². The van der Waals surface area contributed by atoms with Gasteiger partial charge < -0.3 is 16.0 Å². The molecule has 1 aromatic rings. The van der Waals surface area contributed by atoms with E-state index in [9.17, 15) is 9.59 Å². The van der Waals surface area contributed by atoms with Crippen molar-refractivity contribution in [2.45, 2.75) is 18.9 Å². The topological polar surface area (TPSA) is 75.4 Å². The lowest BCUT2D eigenvalue weighted by Gasteiger charge is -2.19. The number of nitrogens with one attached hydrogen (secondary N) is 1. The Bertz CT molecular complexity index is 512.